The van der Waals surface area contributed by atoms with Gasteiger partial charge in [0, 0.05) is 5.56 Å². The average Bonchev–Trinajstić information content (AvgIpc) is 2.37. The lowest BCUT2D eigenvalue weighted by molar-refractivity contribution is -0.137. The maximum atomic E-state index is 12.3. The van der Waals surface area contributed by atoms with Gasteiger partial charge in [0.25, 0.3) is 0 Å². The summed E-state index contributed by atoms with van der Waals surface area (Å²) in [6.07, 6.45) is -4.30. The Balaban J connectivity index is 0.000000637. The van der Waals surface area contributed by atoms with Gasteiger partial charge in [0.05, 0.1) is 5.56 Å². The van der Waals surface area contributed by atoms with Crippen LogP contribution in [0.3, 0.4) is 0 Å². The first-order valence-corrected chi connectivity index (χ1v) is 5.29. The maximum absolute atomic E-state index is 12.3. The molecule has 19 heavy (non-hydrogen) atoms. The van der Waals surface area contributed by atoms with Gasteiger partial charge in [-0.1, -0.05) is 12.1 Å². The molecule has 0 spiro atoms. The van der Waals surface area contributed by atoms with Crippen LogP contribution in [0.4, 0.5) is 13.2 Å². The van der Waals surface area contributed by atoms with E-state index < -0.39 is 11.7 Å². The third kappa shape index (κ3) is 2.54. The van der Waals surface area contributed by atoms with Crippen molar-refractivity contribution in [2.75, 3.05) is 0 Å². The molecular weight excluding hydrogens is 259 g/mol. The summed E-state index contributed by atoms with van der Waals surface area (Å²) in [5.41, 5.74) is 1.49. The van der Waals surface area contributed by atoms with Crippen LogP contribution < -0.4 is 10.6 Å². The van der Waals surface area contributed by atoms with E-state index in [9.17, 15) is 13.2 Å². The number of hydrogen-bond acceptors (Lipinski definition) is 3. The molecule has 1 aromatic rings. The minimum absolute atomic E-state index is 0.413. The second kappa shape index (κ2) is 4.91. The van der Waals surface area contributed by atoms with Crippen LogP contribution >= 0.6 is 0 Å². The van der Waals surface area contributed by atoms with E-state index in [4.69, 9.17) is 9.94 Å². The Morgan fingerprint density at radius 2 is 1.58 bits per heavy atom. The fourth-order valence-corrected chi connectivity index (χ4v) is 1.68. The van der Waals surface area contributed by atoms with Crippen LogP contribution in [0.1, 0.15) is 5.56 Å². The molecule has 0 fully saturated rings. The maximum Gasteiger partial charge on any atom is 0.416 e. The van der Waals surface area contributed by atoms with Gasteiger partial charge >= 0.3 is 6.18 Å². The molecule has 2 aliphatic rings. The Labute approximate surface area is 107 Å². The van der Waals surface area contributed by atoms with Gasteiger partial charge in [-0.25, -0.2) is 5.90 Å². The van der Waals surface area contributed by atoms with Gasteiger partial charge in [0.1, 0.15) is 11.5 Å². The highest BCUT2D eigenvalue weighted by Gasteiger charge is 2.30. The summed E-state index contributed by atoms with van der Waals surface area (Å²) in [5.74, 6) is 4.62. The van der Waals surface area contributed by atoms with Crippen molar-refractivity contribution in [3.63, 3.8) is 0 Å². The number of nitrogens with two attached hydrogens (primary N) is 1. The van der Waals surface area contributed by atoms with Crippen LogP contribution in [0.15, 0.2) is 42.5 Å². The molecule has 6 heteroatoms. The molecule has 0 unspecified atom stereocenters. The summed E-state index contributed by atoms with van der Waals surface area (Å²) in [6.45, 7) is 0. The number of fused-ring (bicyclic) bond motifs is 1. The zero-order valence-electron chi connectivity index (χ0n) is 9.61. The van der Waals surface area contributed by atoms with E-state index in [-0.39, 0.29) is 0 Å². The summed E-state index contributed by atoms with van der Waals surface area (Å²) in [7, 11) is 0. The molecule has 0 saturated carbocycles. The normalized spacial score (nSPS) is 11.4. The predicted octanol–water partition coefficient (Wildman–Crippen LogP) is 3.81. The Bertz CT molecular complexity index is 579. The Morgan fingerprint density at radius 3 is 1.95 bits per heavy atom. The second-order valence-corrected chi connectivity index (χ2v) is 3.84. The first kappa shape index (κ1) is 13.4. The molecule has 0 atom stereocenters. The lowest BCUT2D eigenvalue weighted by Gasteiger charge is -2.20. The summed E-state index contributed by atoms with van der Waals surface area (Å²) in [4.78, 5) is 0. The van der Waals surface area contributed by atoms with E-state index >= 15 is 0 Å². The van der Waals surface area contributed by atoms with Gasteiger partial charge in [0.2, 0.25) is 0 Å². The SMILES string of the molecule is FC(F)(F)c1ccc(Oc2cc3ccc2-3)cc1.NO. The topological polar surface area (TPSA) is 55.5 Å². The zero-order chi connectivity index (χ0) is 14.0. The highest BCUT2D eigenvalue weighted by Crippen LogP contribution is 2.45. The molecule has 0 aromatic heterocycles. The highest BCUT2D eigenvalue weighted by atomic mass is 19.4. The molecule has 0 amide bonds. The number of hydrogen-bond donors (Lipinski definition) is 2. The average molecular weight is 269 g/mol. The van der Waals surface area contributed by atoms with E-state index in [1.165, 1.54) is 12.1 Å². The molecule has 1 aromatic carbocycles. The van der Waals surface area contributed by atoms with Crippen molar-refractivity contribution in [3.05, 3.63) is 48.0 Å². The minimum Gasteiger partial charge on any atom is -0.457 e. The lowest BCUT2D eigenvalue weighted by Crippen LogP contribution is -2.04. The summed E-state index contributed by atoms with van der Waals surface area (Å²) < 4.78 is 42.4. The van der Waals surface area contributed by atoms with Crippen LogP contribution in [0.2, 0.25) is 0 Å². The van der Waals surface area contributed by atoms with Crippen LogP contribution in [0.5, 0.6) is 11.5 Å². The molecule has 2 aliphatic carbocycles. The van der Waals surface area contributed by atoms with Crippen LogP contribution in [-0.4, -0.2) is 5.21 Å². The van der Waals surface area contributed by atoms with Gasteiger partial charge < -0.3 is 9.94 Å². The second-order valence-electron chi connectivity index (χ2n) is 3.84. The van der Waals surface area contributed by atoms with E-state index in [0.29, 0.717) is 11.5 Å². The number of alkyl halides is 3. The predicted molar refractivity (Wildman–Crippen MR) is 62.9 cm³/mol. The molecule has 0 saturated heterocycles. The smallest absolute Gasteiger partial charge is 0.416 e. The molecule has 3 rings (SSSR count). The molecular formula is C13H10F3NO2. The highest BCUT2D eigenvalue weighted by molar-refractivity contribution is 5.84. The van der Waals surface area contributed by atoms with Crippen molar-refractivity contribution in [2.45, 2.75) is 6.18 Å². The molecule has 0 heterocycles. The van der Waals surface area contributed by atoms with E-state index in [1.807, 2.05) is 18.2 Å². The fourth-order valence-electron chi connectivity index (χ4n) is 1.68. The third-order valence-corrected chi connectivity index (χ3v) is 2.70. The quantitative estimate of drug-likeness (QED) is 0.695. The Hall–Kier alpha value is -2.05. The first-order chi connectivity index (χ1) is 9.04. The number of halogens is 3. The van der Waals surface area contributed by atoms with Crippen molar-refractivity contribution in [1.29, 1.82) is 0 Å². The summed E-state index contributed by atoms with van der Waals surface area (Å²) in [5, 5.41) is 6.50. The Morgan fingerprint density at radius 1 is 0.947 bits per heavy atom. The summed E-state index contributed by atoms with van der Waals surface area (Å²) in [6, 6.07) is 10.4. The standard InChI is InChI=1S/C13H7F3O.H3NO/c14-13(15,16)9-2-4-10(5-3-9)17-12-7-8-1-6-11(8)12;1-2/h1-7H;2H,1H2. The Kier molecular flexibility index (Phi) is 3.46. The number of rotatable bonds is 2. The number of benzene rings is 2. The lowest BCUT2D eigenvalue weighted by atomic mass is 9.92. The molecule has 0 aliphatic heterocycles. The van der Waals surface area contributed by atoms with Crippen LogP contribution in [-0.2, 0) is 6.18 Å². The molecule has 3 nitrogen and oxygen atoms in total. The van der Waals surface area contributed by atoms with Gasteiger partial charge in [-0.2, -0.15) is 13.2 Å². The molecule has 0 radical (unpaired) electrons. The van der Waals surface area contributed by atoms with E-state index in [0.717, 1.165) is 23.3 Å². The van der Waals surface area contributed by atoms with Crippen molar-refractivity contribution in [1.82, 2.24) is 0 Å². The van der Waals surface area contributed by atoms with E-state index in [1.54, 1.807) is 0 Å². The molecule has 100 valence electrons. The zero-order valence-corrected chi connectivity index (χ0v) is 9.61. The third-order valence-electron chi connectivity index (χ3n) is 2.70. The van der Waals surface area contributed by atoms with Crippen molar-refractivity contribution in [2.24, 2.45) is 5.90 Å². The number of ether oxygens (including phenoxy) is 1. The minimum atomic E-state index is -4.30. The van der Waals surface area contributed by atoms with E-state index in [2.05, 4.69) is 5.90 Å². The van der Waals surface area contributed by atoms with Crippen LogP contribution in [0, 0.1) is 0 Å². The van der Waals surface area contributed by atoms with Gasteiger partial charge in [-0.15, -0.1) is 0 Å². The monoisotopic (exact) mass is 269 g/mol. The van der Waals surface area contributed by atoms with Gasteiger partial charge in [0.15, 0.2) is 0 Å². The van der Waals surface area contributed by atoms with Gasteiger partial charge in [-0.05, 0) is 35.9 Å². The summed E-state index contributed by atoms with van der Waals surface area (Å²) >= 11 is 0. The fraction of sp³-hybridized carbons (Fsp3) is 0.0769. The van der Waals surface area contributed by atoms with Gasteiger partial charge in [-0.3, -0.25) is 0 Å². The first-order valence-electron chi connectivity index (χ1n) is 5.29. The molecule has 0 bridgehead atoms. The molecule has 3 N–H and O–H groups in total. The largest absolute Gasteiger partial charge is 0.457 e. The van der Waals surface area contributed by atoms with Crippen molar-refractivity contribution < 1.29 is 23.1 Å². The van der Waals surface area contributed by atoms with Crippen molar-refractivity contribution in [3.8, 4) is 22.6 Å². The van der Waals surface area contributed by atoms with Crippen molar-refractivity contribution >= 4 is 0 Å². The van der Waals surface area contributed by atoms with Crippen LogP contribution in [0.25, 0.3) is 11.1 Å².